The predicted molar refractivity (Wildman–Crippen MR) is 76.3 cm³/mol. The van der Waals surface area contributed by atoms with Gasteiger partial charge in [0.15, 0.2) is 0 Å². The van der Waals surface area contributed by atoms with E-state index in [-0.39, 0.29) is 5.69 Å². The van der Waals surface area contributed by atoms with Crippen molar-refractivity contribution in [3.8, 4) is 0 Å². The number of nitrogens with zero attached hydrogens (tertiary/aromatic N) is 2. The Hall–Kier alpha value is -1.43. The van der Waals surface area contributed by atoms with Crippen LogP contribution in [0.5, 0.6) is 0 Å². The fourth-order valence-electron chi connectivity index (χ4n) is 2.11. The molecule has 6 heteroatoms. The van der Waals surface area contributed by atoms with E-state index in [4.69, 9.17) is 5.73 Å². The Morgan fingerprint density at radius 3 is 3.00 bits per heavy atom. The molecular formula is C12H17N3O2S. The molecular weight excluding hydrogens is 250 g/mol. The van der Waals surface area contributed by atoms with Crippen LogP contribution in [-0.2, 0) is 0 Å². The predicted octanol–water partition coefficient (Wildman–Crippen LogP) is 2.51. The molecule has 1 aliphatic heterocycles. The van der Waals surface area contributed by atoms with Gasteiger partial charge in [0.25, 0.3) is 5.69 Å². The molecule has 0 saturated carbocycles. The van der Waals surface area contributed by atoms with Gasteiger partial charge in [0.1, 0.15) is 0 Å². The average Bonchev–Trinajstić information content (AvgIpc) is 2.38. The molecule has 0 radical (unpaired) electrons. The van der Waals surface area contributed by atoms with Gasteiger partial charge in [-0.15, -0.1) is 0 Å². The minimum Gasteiger partial charge on any atom is -0.398 e. The van der Waals surface area contributed by atoms with Crippen LogP contribution in [0.2, 0.25) is 0 Å². The first-order valence-electron chi connectivity index (χ1n) is 6.01. The van der Waals surface area contributed by atoms with E-state index in [0.717, 1.165) is 31.0 Å². The number of nitro groups is 1. The van der Waals surface area contributed by atoms with E-state index in [2.05, 4.69) is 11.8 Å². The Morgan fingerprint density at radius 1 is 1.56 bits per heavy atom. The fourth-order valence-corrected chi connectivity index (χ4v) is 3.29. The smallest absolute Gasteiger partial charge is 0.273 e. The molecule has 1 aromatic rings. The third kappa shape index (κ3) is 2.87. The summed E-state index contributed by atoms with van der Waals surface area (Å²) in [4.78, 5) is 12.6. The number of anilines is 2. The Morgan fingerprint density at radius 2 is 2.33 bits per heavy atom. The quantitative estimate of drug-likeness (QED) is 0.517. The lowest BCUT2D eigenvalue weighted by Gasteiger charge is -2.33. The molecule has 2 N–H and O–H groups in total. The zero-order valence-electron chi connectivity index (χ0n) is 10.3. The van der Waals surface area contributed by atoms with Crippen LogP contribution < -0.4 is 10.6 Å². The van der Waals surface area contributed by atoms with Crippen molar-refractivity contribution in [2.24, 2.45) is 0 Å². The lowest BCUT2D eigenvalue weighted by atomic mass is 10.2. The van der Waals surface area contributed by atoms with Gasteiger partial charge in [0, 0.05) is 47.6 Å². The second kappa shape index (κ2) is 5.48. The van der Waals surface area contributed by atoms with E-state index < -0.39 is 4.92 Å². The molecule has 1 fully saturated rings. The molecule has 1 saturated heterocycles. The standard InChI is InChI=1S/C12H17N3O2S/c1-2-12-8-14(3-4-18-12)10-5-9(13)6-11(7-10)15(16)17/h5-7,12H,2-4,8,13H2,1H3. The van der Waals surface area contributed by atoms with Crippen LogP contribution in [0, 0.1) is 10.1 Å². The van der Waals surface area contributed by atoms with Gasteiger partial charge >= 0.3 is 0 Å². The molecule has 0 aromatic heterocycles. The number of nitro benzene ring substituents is 1. The average molecular weight is 267 g/mol. The Labute approximate surface area is 110 Å². The summed E-state index contributed by atoms with van der Waals surface area (Å²) in [7, 11) is 0. The Balaban J connectivity index is 2.24. The molecule has 2 rings (SSSR count). The molecule has 1 aromatic carbocycles. The van der Waals surface area contributed by atoms with Gasteiger partial charge in [-0.2, -0.15) is 11.8 Å². The molecule has 1 heterocycles. The van der Waals surface area contributed by atoms with Crippen LogP contribution in [-0.4, -0.2) is 29.0 Å². The minimum atomic E-state index is -0.393. The second-order valence-electron chi connectivity index (χ2n) is 4.39. The van der Waals surface area contributed by atoms with E-state index in [1.165, 1.54) is 6.07 Å². The molecule has 0 bridgehead atoms. The van der Waals surface area contributed by atoms with Gasteiger partial charge in [0.2, 0.25) is 0 Å². The SMILES string of the molecule is CCC1CN(c2cc(N)cc([N+](=O)[O-])c2)CCS1. The summed E-state index contributed by atoms with van der Waals surface area (Å²) in [6.45, 7) is 4.02. The van der Waals surface area contributed by atoms with Crippen molar-refractivity contribution in [1.29, 1.82) is 0 Å². The van der Waals surface area contributed by atoms with E-state index in [9.17, 15) is 10.1 Å². The van der Waals surface area contributed by atoms with Crippen molar-refractivity contribution >= 4 is 28.8 Å². The summed E-state index contributed by atoms with van der Waals surface area (Å²) < 4.78 is 0. The van der Waals surface area contributed by atoms with Gasteiger partial charge in [0.05, 0.1) is 4.92 Å². The highest BCUT2D eigenvalue weighted by Crippen LogP contribution is 2.30. The number of non-ortho nitro benzene ring substituents is 1. The normalized spacial score (nSPS) is 19.8. The van der Waals surface area contributed by atoms with E-state index >= 15 is 0 Å². The first kappa shape index (κ1) is 13.0. The third-order valence-corrected chi connectivity index (χ3v) is 4.47. The molecule has 1 unspecified atom stereocenters. The topological polar surface area (TPSA) is 72.4 Å². The number of hydrogen-bond acceptors (Lipinski definition) is 5. The maximum Gasteiger partial charge on any atom is 0.273 e. The highest BCUT2D eigenvalue weighted by molar-refractivity contribution is 8.00. The molecule has 0 aliphatic carbocycles. The van der Waals surface area contributed by atoms with E-state index in [1.54, 1.807) is 6.07 Å². The second-order valence-corrected chi connectivity index (χ2v) is 5.80. The lowest BCUT2D eigenvalue weighted by molar-refractivity contribution is -0.384. The molecule has 1 atom stereocenters. The zero-order valence-corrected chi connectivity index (χ0v) is 11.2. The highest BCUT2D eigenvalue weighted by Gasteiger charge is 2.21. The van der Waals surface area contributed by atoms with Crippen molar-refractivity contribution < 1.29 is 4.92 Å². The largest absolute Gasteiger partial charge is 0.398 e. The van der Waals surface area contributed by atoms with Crippen molar-refractivity contribution in [2.45, 2.75) is 18.6 Å². The number of nitrogen functional groups attached to an aromatic ring is 1. The molecule has 18 heavy (non-hydrogen) atoms. The van der Waals surface area contributed by atoms with E-state index in [1.807, 2.05) is 17.8 Å². The first-order chi connectivity index (χ1) is 8.60. The summed E-state index contributed by atoms with van der Waals surface area (Å²) in [5.41, 5.74) is 7.11. The highest BCUT2D eigenvalue weighted by atomic mass is 32.2. The minimum absolute atomic E-state index is 0.0660. The summed E-state index contributed by atoms with van der Waals surface area (Å²) in [6, 6.07) is 4.83. The van der Waals surface area contributed by atoms with Crippen LogP contribution in [0.3, 0.4) is 0 Å². The van der Waals surface area contributed by atoms with Crippen molar-refractivity contribution in [3.63, 3.8) is 0 Å². The van der Waals surface area contributed by atoms with E-state index in [0.29, 0.717) is 10.9 Å². The molecule has 0 amide bonds. The summed E-state index contributed by atoms with van der Waals surface area (Å²) in [6.07, 6.45) is 1.12. The number of hydrogen-bond donors (Lipinski definition) is 1. The lowest BCUT2D eigenvalue weighted by Crippen LogP contribution is -2.37. The summed E-state index contributed by atoms with van der Waals surface area (Å²) in [5.74, 6) is 1.06. The molecule has 5 nitrogen and oxygen atoms in total. The van der Waals surface area contributed by atoms with Crippen molar-refractivity contribution in [3.05, 3.63) is 28.3 Å². The van der Waals surface area contributed by atoms with Crippen LogP contribution in [0.15, 0.2) is 18.2 Å². The molecule has 1 aliphatic rings. The maximum atomic E-state index is 10.8. The first-order valence-corrected chi connectivity index (χ1v) is 7.06. The summed E-state index contributed by atoms with van der Waals surface area (Å²) in [5, 5.41) is 11.4. The van der Waals surface area contributed by atoms with Gasteiger partial charge in [-0.25, -0.2) is 0 Å². The monoisotopic (exact) mass is 267 g/mol. The van der Waals surface area contributed by atoms with Crippen LogP contribution >= 0.6 is 11.8 Å². The fraction of sp³-hybridized carbons (Fsp3) is 0.500. The van der Waals surface area contributed by atoms with Crippen LogP contribution in [0.4, 0.5) is 17.1 Å². The van der Waals surface area contributed by atoms with Crippen LogP contribution in [0.1, 0.15) is 13.3 Å². The summed E-state index contributed by atoms with van der Waals surface area (Å²) >= 11 is 1.97. The van der Waals surface area contributed by atoms with Crippen molar-refractivity contribution in [1.82, 2.24) is 0 Å². The zero-order chi connectivity index (χ0) is 13.1. The van der Waals surface area contributed by atoms with Gasteiger partial charge < -0.3 is 10.6 Å². The Kier molecular flexibility index (Phi) is 3.96. The molecule has 0 spiro atoms. The van der Waals surface area contributed by atoms with Crippen LogP contribution in [0.25, 0.3) is 0 Å². The number of rotatable bonds is 3. The Bertz CT molecular complexity index is 453. The van der Waals surface area contributed by atoms with Gasteiger partial charge in [-0.05, 0) is 12.5 Å². The number of nitrogens with two attached hydrogens (primary N) is 1. The number of benzene rings is 1. The molecule has 98 valence electrons. The third-order valence-electron chi connectivity index (χ3n) is 3.09. The van der Waals surface area contributed by atoms with Gasteiger partial charge in [-0.3, -0.25) is 10.1 Å². The van der Waals surface area contributed by atoms with Gasteiger partial charge in [-0.1, -0.05) is 6.92 Å². The number of thioether (sulfide) groups is 1. The maximum absolute atomic E-state index is 10.8. The van der Waals surface area contributed by atoms with Crippen molar-refractivity contribution in [2.75, 3.05) is 29.5 Å².